The van der Waals surface area contributed by atoms with Gasteiger partial charge in [-0.3, -0.25) is 9.59 Å². The van der Waals surface area contributed by atoms with Crippen LogP contribution in [0.5, 0.6) is 0 Å². The minimum atomic E-state index is -0.508. The fourth-order valence-electron chi connectivity index (χ4n) is 3.84. The number of amides is 2. The van der Waals surface area contributed by atoms with Crippen LogP contribution in [0.15, 0.2) is 40.8 Å². The van der Waals surface area contributed by atoms with Crippen LogP contribution in [-0.4, -0.2) is 48.6 Å². The predicted molar refractivity (Wildman–Crippen MR) is 96.2 cm³/mol. The van der Waals surface area contributed by atoms with Gasteiger partial charge in [0.25, 0.3) is 11.8 Å². The number of anilines is 1. The molecule has 0 radical (unpaired) electrons. The van der Waals surface area contributed by atoms with Crippen LogP contribution >= 0.6 is 0 Å². The minimum Gasteiger partial charge on any atom is -0.466 e. The Morgan fingerprint density at radius 3 is 2.62 bits per heavy atom. The molecular weight excluding hydrogens is 332 g/mol. The number of para-hydroxylation sites is 1. The van der Waals surface area contributed by atoms with Crippen molar-refractivity contribution < 1.29 is 18.7 Å². The first-order valence-electron chi connectivity index (χ1n) is 8.83. The van der Waals surface area contributed by atoms with Gasteiger partial charge < -0.3 is 19.0 Å². The molecule has 2 saturated heterocycles. The Kier molecular flexibility index (Phi) is 4.07. The van der Waals surface area contributed by atoms with E-state index in [0.29, 0.717) is 37.4 Å². The number of furan rings is 1. The number of likely N-dealkylation sites (tertiary alicyclic amines) is 1. The van der Waals surface area contributed by atoms with Crippen molar-refractivity contribution in [2.24, 2.45) is 0 Å². The summed E-state index contributed by atoms with van der Waals surface area (Å²) >= 11 is 0. The van der Waals surface area contributed by atoms with Gasteiger partial charge in [0.1, 0.15) is 23.7 Å². The smallest absolute Gasteiger partial charge is 0.257 e. The topological polar surface area (TPSA) is 63.0 Å². The molecule has 2 aliphatic rings. The monoisotopic (exact) mass is 354 g/mol. The molecule has 0 saturated carbocycles. The molecule has 1 aromatic carbocycles. The number of ether oxygens (including phenoxy) is 1. The first-order valence-corrected chi connectivity index (χ1v) is 8.83. The van der Waals surface area contributed by atoms with Gasteiger partial charge in [-0.2, -0.15) is 0 Å². The van der Waals surface area contributed by atoms with Gasteiger partial charge in [0, 0.05) is 12.2 Å². The van der Waals surface area contributed by atoms with Gasteiger partial charge in [-0.15, -0.1) is 0 Å². The van der Waals surface area contributed by atoms with Crippen molar-refractivity contribution >= 4 is 17.5 Å². The summed E-state index contributed by atoms with van der Waals surface area (Å²) in [4.78, 5) is 28.8. The quantitative estimate of drug-likeness (QED) is 0.831. The summed E-state index contributed by atoms with van der Waals surface area (Å²) in [6.45, 7) is 5.23. The zero-order valence-electron chi connectivity index (χ0n) is 15.0. The minimum absolute atomic E-state index is 0.0389. The van der Waals surface area contributed by atoms with Gasteiger partial charge >= 0.3 is 0 Å². The molecule has 6 nitrogen and oxygen atoms in total. The number of nitrogens with zero attached hydrogens (tertiary/aromatic N) is 2. The molecule has 1 atom stereocenters. The van der Waals surface area contributed by atoms with Gasteiger partial charge in [-0.25, -0.2) is 0 Å². The zero-order valence-corrected chi connectivity index (χ0v) is 15.0. The number of morpholine rings is 1. The maximum atomic E-state index is 12.9. The number of carbonyl (C=O) groups is 2. The lowest BCUT2D eigenvalue weighted by atomic mass is 10.00. The average Bonchev–Trinajstić information content (AvgIpc) is 3.21. The van der Waals surface area contributed by atoms with Gasteiger partial charge in [0.05, 0.1) is 18.7 Å². The van der Waals surface area contributed by atoms with Gasteiger partial charge in [-0.05, 0) is 38.5 Å². The average molecular weight is 354 g/mol. The molecule has 6 heteroatoms. The highest BCUT2D eigenvalue weighted by Crippen LogP contribution is 2.33. The number of hydrogen-bond donors (Lipinski definition) is 0. The van der Waals surface area contributed by atoms with Crippen LogP contribution in [-0.2, 0) is 9.53 Å². The molecule has 2 aromatic rings. The molecule has 0 N–H and O–H groups in total. The molecule has 3 heterocycles. The Bertz CT molecular complexity index is 845. The second-order valence-corrected chi connectivity index (χ2v) is 7.09. The molecule has 2 amide bonds. The summed E-state index contributed by atoms with van der Waals surface area (Å²) in [6, 6.07) is 11.4. The van der Waals surface area contributed by atoms with Crippen LogP contribution in [0.2, 0.25) is 0 Å². The summed E-state index contributed by atoms with van der Waals surface area (Å²) in [5, 5.41) is 0. The highest BCUT2D eigenvalue weighted by Gasteiger charge is 2.47. The molecule has 1 aromatic heterocycles. The van der Waals surface area contributed by atoms with E-state index in [1.165, 1.54) is 0 Å². The van der Waals surface area contributed by atoms with Crippen LogP contribution < -0.4 is 4.90 Å². The first kappa shape index (κ1) is 16.8. The standard InChI is InChI=1S/C20H22N2O4/c1-14-10-17(15(2)26-14)19(24)21-9-8-20(12-21)13-22(18(23)11-25-20)16-6-4-3-5-7-16/h3-7,10H,8-9,11-13H2,1-2H3. The first-order chi connectivity index (χ1) is 12.5. The Morgan fingerprint density at radius 1 is 1.15 bits per heavy atom. The Hall–Kier alpha value is -2.60. The Labute approximate surface area is 152 Å². The van der Waals surface area contributed by atoms with Crippen LogP contribution in [0.3, 0.4) is 0 Å². The SMILES string of the molecule is Cc1cc(C(=O)N2CCC3(C2)CN(c2ccccc2)C(=O)CO3)c(C)o1. The van der Waals surface area contributed by atoms with E-state index in [1.807, 2.05) is 37.3 Å². The van der Waals surface area contributed by atoms with E-state index in [1.54, 1.807) is 22.8 Å². The van der Waals surface area contributed by atoms with Crippen molar-refractivity contribution in [3.8, 4) is 0 Å². The van der Waals surface area contributed by atoms with Crippen molar-refractivity contribution in [3.05, 3.63) is 53.5 Å². The van der Waals surface area contributed by atoms with Crippen molar-refractivity contribution in [1.82, 2.24) is 4.90 Å². The van der Waals surface area contributed by atoms with E-state index in [9.17, 15) is 9.59 Å². The summed E-state index contributed by atoms with van der Waals surface area (Å²) in [5.41, 5.74) is 0.962. The summed E-state index contributed by atoms with van der Waals surface area (Å²) < 4.78 is 11.4. The fraction of sp³-hybridized carbons (Fsp3) is 0.400. The Balaban J connectivity index is 1.52. The van der Waals surface area contributed by atoms with E-state index in [2.05, 4.69) is 0 Å². The number of benzene rings is 1. The van der Waals surface area contributed by atoms with Gasteiger partial charge in [0.15, 0.2) is 0 Å². The number of hydrogen-bond acceptors (Lipinski definition) is 4. The second-order valence-electron chi connectivity index (χ2n) is 7.09. The Morgan fingerprint density at radius 2 is 1.92 bits per heavy atom. The van der Waals surface area contributed by atoms with Crippen LogP contribution in [0, 0.1) is 13.8 Å². The van der Waals surface area contributed by atoms with Crippen molar-refractivity contribution in [2.45, 2.75) is 25.9 Å². The fourth-order valence-corrected chi connectivity index (χ4v) is 3.84. The molecule has 4 rings (SSSR count). The predicted octanol–water partition coefficient (Wildman–Crippen LogP) is 2.54. The summed E-state index contributed by atoms with van der Waals surface area (Å²) in [5.74, 6) is 1.28. The van der Waals surface area contributed by atoms with E-state index >= 15 is 0 Å². The third-order valence-corrected chi connectivity index (χ3v) is 5.19. The molecule has 1 unspecified atom stereocenters. The molecule has 26 heavy (non-hydrogen) atoms. The van der Waals surface area contributed by atoms with Crippen LogP contribution in [0.4, 0.5) is 5.69 Å². The highest BCUT2D eigenvalue weighted by molar-refractivity contribution is 5.96. The maximum Gasteiger partial charge on any atom is 0.257 e. The zero-order chi connectivity index (χ0) is 18.3. The maximum absolute atomic E-state index is 12.9. The normalized spacial score (nSPS) is 23.1. The van der Waals surface area contributed by atoms with Crippen molar-refractivity contribution in [3.63, 3.8) is 0 Å². The van der Waals surface area contributed by atoms with E-state index in [4.69, 9.17) is 9.15 Å². The molecule has 1 spiro atoms. The van der Waals surface area contributed by atoms with E-state index < -0.39 is 5.60 Å². The lowest BCUT2D eigenvalue weighted by Crippen LogP contribution is -2.56. The van der Waals surface area contributed by atoms with E-state index in [0.717, 1.165) is 11.4 Å². The van der Waals surface area contributed by atoms with Crippen molar-refractivity contribution in [2.75, 3.05) is 31.1 Å². The van der Waals surface area contributed by atoms with Crippen LogP contribution in [0.25, 0.3) is 0 Å². The molecule has 0 aliphatic carbocycles. The molecular formula is C20H22N2O4. The van der Waals surface area contributed by atoms with Crippen LogP contribution in [0.1, 0.15) is 28.3 Å². The molecule has 2 aliphatic heterocycles. The molecule has 136 valence electrons. The third kappa shape index (κ3) is 2.90. The number of aryl methyl sites for hydroxylation is 2. The number of rotatable bonds is 2. The lowest BCUT2D eigenvalue weighted by molar-refractivity contribution is -0.137. The van der Waals surface area contributed by atoms with Crippen molar-refractivity contribution in [1.29, 1.82) is 0 Å². The third-order valence-electron chi connectivity index (χ3n) is 5.19. The summed E-state index contributed by atoms with van der Waals surface area (Å²) in [7, 11) is 0. The molecule has 0 bridgehead atoms. The lowest BCUT2D eigenvalue weighted by Gasteiger charge is -2.40. The largest absolute Gasteiger partial charge is 0.466 e. The summed E-state index contributed by atoms with van der Waals surface area (Å²) in [6.07, 6.45) is 0.714. The molecule has 2 fully saturated rings. The second kappa shape index (κ2) is 6.29. The van der Waals surface area contributed by atoms with Gasteiger partial charge in [0.2, 0.25) is 0 Å². The number of carbonyl (C=O) groups excluding carboxylic acids is 2. The van der Waals surface area contributed by atoms with Gasteiger partial charge in [-0.1, -0.05) is 18.2 Å². The highest BCUT2D eigenvalue weighted by atomic mass is 16.5. The van der Waals surface area contributed by atoms with E-state index in [-0.39, 0.29) is 18.4 Å².